The fourth-order valence-corrected chi connectivity index (χ4v) is 2.03. The minimum atomic E-state index is -5.20. The minimum absolute atomic E-state index is 0.356. The molecule has 0 aromatic carbocycles. The van der Waals surface area contributed by atoms with Crippen LogP contribution >= 0.6 is 27.5 Å². The van der Waals surface area contributed by atoms with Crippen molar-refractivity contribution in [1.29, 1.82) is 0 Å². The average molecular weight is 386 g/mol. The Balaban J connectivity index is 3.57. The standard InChI is InChI=1S/C9H3BrClF6NO2/c10-1-3-4(20-9(15,16)17)2-18-6(7(11)19)5(3)8(12,13)14/h2H,1H2. The summed E-state index contributed by atoms with van der Waals surface area (Å²) in [6.45, 7) is 0. The molecule has 0 saturated heterocycles. The Morgan fingerprint density at radius 3 is 2.20 bits per heavy atom. The Kier molecular flexibility index (Phi) is 4.90. The number of alkyl halides is 7. The normalized spacial score (nSPS) is 12.4. The first-order chi connectivity index (χ1) is 8.97. The van der Waals surface area contributed by atoms with Crippen LogP contribution < -0.4 is 4.74 Å². The van der Waals surface area contributed by atoms with Crippen LogP contribution in [0.3, 0.4) is 0 Å². The zero-order valence-electron chi connectivity index (χ0n) is 9.07. The quantitative estimate of drug-likeness (QED) is 0.442. The number of ether oxygens (including phenoxy) is 1. The summed E-state index contributed by atoms with van der Waals surface area (Å²) in [4.78, 5) is 13.9. The number of hydrogen-bond donors (Lipinski definition) is 0. The maximum atomic E-state index is 12.9. The summed E-state index contributed by atoms with van der Waals surface area (Å²) < 4.78 is 78.3. The molecular weight excluding hydrogens is 383 g/mol. The summed E-state index contributed by atoms with van der Waals surface area (Å²) >= 11 is 7.56. The van der Waals surface area contributed by atoms with Crippen LogP contribution in [0.1, 0.15) is 21.6 Å². The smallest absolute Gasteiger partial charge is 0.404 e. The van der Waals surface area contributed by atoms with Crippen molar-refractivity contribution in [2.45, 2.75) is 17.9 Å². The highest BCUT2D eigenvalue weighted by Crippen LogP contribution is 2.40. The van der Waals surface area contributed by atoms with Crippen molar-refractivity contribution in [2.24, 2.45) is 0 Å². The molecule has 0 spiro atoms. The summed E-state index contributed by atoms with van der Waals surface area (Å²) in [5, 5.41) is -2.19. The largest absolute Gasteiger partial charge is 0.573 e. The molecule has 0 atom stereocenters. The van der Waals surface area contributed by atoms with Crippen LogP contribution in [0.5, 0.6) is 5.75 Å². The van der Waals surface area contributed by atoms with Gasteiger partial charge in [-0.3, -0.25) is 4.79 Å². The molecule has 11 heteroatoms. The van der Waals surface area contributed by atoms with Crippen molar-refractivity contribution < 1.29 is 35.9 Å². The molecule has 0 radical (unpaired) electrons. The highest BCUT2D eigenvalue weighted by Gasteiger charge is 2.41. The molecule has 20 heavy (non-hydrogen) atoms. The SMILES string of the molecule is O=C(Cl)c1ncc(OC(F)(F)F)c(CBr)c1C(F)(F)F. The molecule has 1 aromatic heterocycles. The van der Waals surface area contributed by atoms with Gasteiger partial charge in [0.1, 0.15) is 5.69 Å². The molecule has 0 N–H and O–H groups in total. The van der Waals surface area contributed by atoms with E-state index in [4.69, 9.17) is 11.6 Å². The predicted octanol–water partition coefficient (Wildman–Crippen LogP) is 4.27. The average Bonchev–Trinajstić information content (AvgIpc) is 2.24. The number of carbonyl (C=O) groups is 1. The van der Waals surface area contributed by atoms with E-state index in [1.807, 2.05) is 0 Å². The van der Waals surface area contributed by atoms with E-state index in [-0.39, 0.29) is 0 Å². The molecule has 0 amide bonds. The third-order valence-electron chi connectivity index (χ3n) is 1.98. The molecule has 112 valence electrons. The van der Waals surface area contributed by atoms with Gasteiger partial charge in [0.25, 0.3) is 5.24 Å². The van der Waals surface area contributed by atoms with Crippen molar-refractivity contribution in [3.63, 3.8) is 0 Å². The molecule has 0 aliphatic heterocycles. The number of rotatable bonds is 3. The van der Waals surface area contributed by atoms with Crippen LogP contribution in [-0.2, 0) is 11.5 Å². The zero-order chi connectivity index (χ0) is 15.7. The van der Waals surface area contributed by atoms with Crippen molar-refractivity contribution in [3.8, 4) is 5.75 Å². The minimum Gasteiger partial charge on any atom is -0.404 e. The molecule has 1 aromatic rings. The van der Waals surface area contributed by atoms with E-state index in [9.17, 15) is 31.1 Å². The van der Waals surface area contributed by atoms with Crippen LogP contribution in [0, 0.1) is 0 Å². The van der Waals surface area contributed by atoms with Crippen molar-refractivity contribution in [2.75, 3.05) is 0 Å². The van der Waals surface area contributed by atoms with Gasteiger partial charge in [0.05, 0.1) is 11.8 Å². The van der Waals surface area contributed by atoms with E-state index in [0.717, 1.165) is 0 Å². The Morgan fingerprint density at radius 2 is 1.85 bits per heavy atom. The number of aromatic nitrogens is 1. The van der Waals surface area contributed by atoms with Gasteiger partial charge in [-0.05, 0) is 11.6 Å². The molecule has 0 unspecified atom stereocenters. The van der Waals surface area contributed by atoms with E-state index in [1.165, 1.54) is 0 Å². The van der Waals surface area contributed by atoms with Gasteiger partial charge < -0.3 is 4.74 Å². The van der Waals surface area contributed by atoms with E-state index in [2.05, 4.69) is 25.7 Å². The van der Waals surface area contributed by atoms with Crippen LogP contribution in [0.15, 0.2) is 6.20 Å². The second-order valence-electron chi connectivity index (χ2n) is 3.28. The van der Waals surface area contributed by atoms with Gasteiger partial charge in [-0.15, -0.1) is 13.2 Å². The fraction of sp³-hybridized carbons (Fsp3) is 0.333. The van der Waals surface area contributed by atoms with Crippen molar-refractivity contribution in [1.82, 2.24) is 4.98 Å². The van der Waals surface area contributed by atoms with Crippen molar-refractivity contribution >= 4 is 32.8 Å². The summed E-state index contributed by atoms with van der Waals surface area (Å²) in [5.74, 6) is -1.16. The predicted molar refractivity (Wildman–Crippen MR) is 58.7 cm³/mol. The monoisotopic (exact) mass is 385 g/mol. The fourth-order valence-electron chi connectivity index (χ4n) is 1.33. The van der Waals surface area contributed by atoms with Crippen LogP contribution in [0.2, 0.25) is 0 Å². The lowest BCUT2D eigenvalue weighted by atomic mass is 10.1. The van der Waals surface area contributed by atoms with E-state index in [0.29, 0.717) is 6.20 Å². The van der Waals surface area contributed by atoms with Crippen LogP contribution in [-0.4, -0.2) is 16.6 Å². The molecule has 0 saturated carbocycles. The topological polar surface area (TPSA) is 39.2 Å². The molecule has 0 aliphatic rings. The zero-order valence-corrected chi connectivity index (χ0v) is 11.4. The first kappa shape index (κ1) is 17.0. The number of carbonyl (C=O) groups excluding carboxylic acids is 1. The van der Waals surface area contributed by atoms with Gasteiger partial charge in [-0.2, -0.15) is 13.2 Å². The lowest BCUT2D eigenvalue weighted by Crippen LogP contribution is -2.22. The van der Waals surface area contributed by atoms with Gasteiger partial charge in [-0.1, -0.05) is 15.9 Å². The number of hydrogen-bond acceptors (Lipinski definition) is 3. The van der Waals surface area contributed by atoms with Gasteiger partial charge in [0.15, 0.2) is 5.75 Å². The van der Waals surface area contributed by atoms with Gasteiger partial charge in [0, 0.05) is 10.9 Å². The number of nitrogens with zero attached hydrogens (tertiary/aromatic N) is 1. The second kappa shape index (κ2) is 5.76. The molecule has 0 aliphatic carbocycles. The van der Waals surface area contributed by atoms with Crippen molar-refractivity contribution in [3.05, 3.63) is 23.0 Å². The van der Waals surface area contributed by atoms with Gasteiger partial charge in [-0.25, -0.2) is 4.98 Å². The molecule has 3 nitrogen and oxygen atoms in total. The van der Waals surface area contributed by atoms with Gasteiger partial charge >= 0.3 is 12.5 Å². The summed E-state index contributed by atoms with van der Waals surface area (Å²) in [7, 11) is 0. The lowest BCUT2D eigenvalue weighted by Gasteiger charge is -2.18. The Morgan fingerprint density at radius 1 is 1.30 bits per heavy atom. The van der Waals surface area contributed by atoms with Crippen LogP contribution in [0.4, 0.5) is 26.3 Å². The van der Waals surface area contributed by atoms with E-state index >= 15 is 0 Å². The molecule has 0 fully saturated rings. The van der Waals surface area contributed by atoms with E-state index < -0.39 is 45.7 Å². The molecular formula is C9H3BrClF6NO2. The van der Waals surface area contributed by atoms with Gasteiger partial charge in [0.2, 0.25) is 0 Å². The summed E-state index contributed by atoms with van der Waals surface area (Å²) in [6, 6.07) is 0. The highest BCUT2D eigenvalue weighted by molar-refractivity contribution is 9.08. The van der Waals surface area contributed by atoms with E-state index in [1.54, 1.807) is 0 Å². The second-order valence-corrected chi connectivity index (χ2v) is 4.18. The Labute approximate surface area is 121 Å². The maximum Gasteiger partial charge on any atom is 0.573 e. The first-order valence-corrected chi connectivity index (χ1v) is 6.08. The first-order valence-electron chi connectivity index (χ1n) is 4.58. The Bertz CT molecular complexity index is 530. The number of halogens is 8. The molecule has 1 heterocycles. The lowest BCUT2D eigenvalue weighted by molar-refractivity contribution is -0.275. The summed E-state index contributed by atoms with van der Waals surface area (Å²) in [5.41, 5.74) is -3.78. The highest BCUT2D eigenvalue weighted by atomic mass is 79.9. The maximum absolute atomic E-state index is 12.9. The Hall–Kier alpha value is -1.03. The third-order valence-corrected chi connectivity index (χ3v) is 2.72. The van der Waals surface area contributed by atoms with Crippen LogP contribution in [0.25, 0.3) is 0 Å². The summed E-state index contributed by atoms with van der Waals surface area (Å²) in [6.07, 6.45) is -9.97. The molecule has 0 bridgehead atoms. The molecule has 1 rings (SSSR count). The third kappa shape index (κ3) is 3.98. The number of pyridine rings is 1.